The number of ketones is 1. The first-order valence-electron chi connectivity index (χ1n) is 13.5. The predicted octanol–water partition coefficient (Wildman–Crippen LogP) is 9.16. The highest BCUT2D eigenvalue weighted by Crippen LogP contribution is 2.56. The van der Waals surface area contributed by atoms with E-state index in [2.05, 4.69) is 38.1 Å². The van der Waals surface area contributed by atoms with Crippen molar-refractivity contribution in [1.29, 1.82) is 0 Å². The predicted molar refractivity (Wildman–Crippen MR) is 166 cm³/mol. The summed E-state index contributed by atoms with van der Waals surface area (Å²) in [7, 11) is 1.73. The largest absolute Gasteiger partial charge is 0.489 e. The maximum Gasteiger partial charge on any atom is 0.167 e. The molecule has 0 aromatic heterocycles. The summed E-state index contributed by atoms with van der Waals surface area (Å²) in [5.74, 6) is 0.965. The van der Waals surface area contributed by atoms with Crippen LogP contribution in [0.3, 0.4) is 0 Å². The van der Waals surface area contributed by atoms with Gasteiger partial charge in [-0.05, 0) is 79.5 Å². The first-order valence-corrected chi connectivity index (χ1v) is 14.7. The van der Waals surface area contributed by atoms with E-state index in [1.807, 2.05) is 26.0 Å². The maximum atomic E-state index is 13.3. The molecule has 0 radical (unpaired) electrons. The van der Waals surface area contributed by atoms with E-state index in [1.165, 1.54) is 5.56 Å². The zero-order valence-electron chi connectivity index (χ0n) is 23.6. The van der Waals surface area contributed by atoms with Crippen molar-refractivity contribution in [1.82, 2.24) is 0 Å². The third-order valence-corrected chi connectivity index (χ3v) is 8.94. The number of Topliss-reactive ketones (excluding diaryl/α,β-unsaturated/α-hetero) is 1. The van der Waals surface area contributed by atoms with E-state index in [4.69, 9.17) is 50.0 Å². The average molecular weight is 601 g/mol. The third kappa shape index (κ3) is 6.52. The van der Waals surface area contributed by atoms with Crippen LogP contribution in [0.2, 0.25) is 15.1 Å². The van der Waals surface area contributed by atoms with Gasteiger partial charge in [0.2, 0.25) is 0 Å². The SMILES string of the molecule is CCC(C)C(=O)C(COc1ccc(C2CC2c2cccc(C(C)(C)OC)c2)c(Cl)c1)=C(N)c1c(Cl)cccc1Cl. The van der Waals surface area contributed by atoms with Crippen LogP contribution in [0.1, 0.15) is 74.6 Å². The topological polar surface area (TPSA) is 61.5 Å². The monoisotopic (exact) mass is 599 g/mol. The Labute approximate surface area is 252 Å². The van der Waals surface area contributed by atoms with Crippen LogP contribution < -0.4 is 10.5 Å². The second-order valence-corrected chi connectivity index (χ2v) is 12.1. The van der Waals surface area contributed by atoms with E-state index >= 15 is 0 Å². The van der Waals surface area contributed by atoms with Gasteiger partial charge in [0.25, 0.3) is 0 Å². The quantitative estimate of drug-likeness (QED) is 0.223. The highest BCUT2D eigenvalue weighted by molar-refractivity contribution is 6.37. The summed E-state index contributed by atoms with van der Waals surface area (Å²) in [6.45, 7) is 7.94. The zero-order valence-corrected chi connectivity index (χ0v) is 25.8. The molecule has 1 fully saturated rings. The summed E-state index contributed by atoms with van der Waals surface area (Å²) in [5, 5.41) is 1.39. The number of carbonyl (C=O) groups excluding carboxylic acids is 1. The number of benzene rings is 3. The van der Waals surface area contributed by atoms with Crippen molar-refractivity contribution in [3.8, 4) is 5.75 Å². The Bertz CT molecular complexity index is 1410. The number of hydrogen-bond acceptors (Lipinski definition) is 4. The van der Waals surface area contributed by atoms with Gasteiger partial charge in [0.05, 0.1) is 26.9 Å². The van der Waals surface area contributed by atoms with Crippen LogP contribution in [0.15, 0.2) is 66.2 Å². The summed E-state index contributed by atoms with van der Waals surface area (Å²) in [5.41, 5.74) is 10.7. The van der Waals surface area contributed by atoms with Gasteiger partial charge in [0.15, 0.2) is 5.78 Å². The molecule has 3 atom stereocenters. The lowest BCUT2D eigenvalue weighted by atomic mass is 9.94. The molecule has 3 aromatic carbocycles. The summed E-state index contributed by atoms with van der Waals surface area (Å²) in [4.78, 5) is 13.3. The third-order valence-electron chi connectivity index (χ3n) is 7.98. The lowest BCUT2D eigenvalue weighted by Gasteiger charge is -2.24. The molecular formula is C33H36Cl3NO3. The van der Waals surface area contributed by atoms with Crippen LogP contribution in [0.5, 0.6) is 5.75 Å². The van der Waals surface area contributed by atoms with Crippen molar-refractivity contribution in [3.63, 3.8) is 0 Å². The summed E-state index contributed by atoms with van der Waals surface area (Å²) < 4.78 is 11.7. The van der Waals surface area contributed by atoms with Gasteiger partial charge in [-0.3, -0.25) is 4.79 Å². The maximum absolute atomic E-state index is 13.3. The molecule has 40 heavy (non-hydrogen) atoms. The first kappa shape index (κ1) is 30.5. The average Bonchev–Trinajstić information content (AvgIpc) is 3.73. The molecule has 212 valence electrons. The van der Waals surface area contributed by atoms with Crippen molar-refractivity contribution in [2.75, 3.05) is 13.7 Å². The van der Waals surface area contributed by atoms with Crippen molar-refractivity contribution >= 4 is 46.3 Å². The molecule has 7 heteroatoms. The van der Waals surface area contributed by atoms with Crippen molar-refractivity contribution in [3.05, 3.63) is 104 Å². The minimum absolute atomic E-state index is 0.0274. The summed E-state index contributed by atoms with van der Waals surface area (Å²) in [6.07, 6.45) is 1.70. The Morgan fingerprint density at radius 1 is 1.00 bits per heavy atom. The zero-order chi connectivity index (χ0) is 29.2. The van der Waals surface area contributed by atoms with E-state index in [9.17, 15) is 4.79 Å². The second-order valence-electron chi connectivity index (χ2n) is 10.9. The normalized spacial score (nSPS) is 18.2. The first-order chi connectivity index (χ1) is 19.0. The van der Waals surface area contributed by atoms with E-state index in [-0.39, 0.29) is 29.6 Å². The summed E-state index contributed by atoms with van der Waals surface area (Å²) >= 11 is 19.6. The standard InChI is InChI=1S/C33H36Cl3NO3/c1-6-19(2)32(38)26(31(37)30-27(34)11-8-12-28(30)35)18-40-22-13-14-23(29(36)16-22)25-17-24(25)20-9-7-10-21(15-20)33(3,4)39-5/h7-16,19,24-25H,6,17-18,37H2,1-5H3. The van der Waals surface area contributed by atoms with Gasteiger partial charge in [0, 0.05) is 23.6 Å². The van der Waals surface area contributed by atoms with E-state index in [0.29, 0.717) is 50.2 Å². The van der Waals surface area contributed by atoms with Gasteiger partial charge in [-0.2, -0.15) is 0 Å². The van der Waals surface area contributed by atoms with Gasteiger partial charge >= 0.3 is 0 Å². The van der Waals surface area contributed by atoms with E-state index in [1.54, 1.807) is 31.4 Å². The number of nitrogens with two attached hydrogens (primary N) is 1. The van der Waals surface area contributed by atoms with Crippen LogP contribution in [-0.2, 0) is 15.1 Å². The number of ether oxygens (including phenoxy) is 2. The Morgan fingerprint density at radius 3 is 2.30 bits per heavy atom. The fourth-order valence-electron chi connectivity index (χ4n) is 4.89. The molecular weight excluding hydrogens is 565 g/mol. The molecule has 0 saturated heterocycles. The van der Waals surface area contributed by atoms with Crippen LogP contribution in [0.25, 0.3) is 5.70 Å². The van der Waals surface area contributed by atoms with Crippen molar-refractivity contribution in [2.24, 2.45) is 11.7 Å². The molecule has 0 amide bonds. The lowest BCUT2D eigenvalue weighted by Crippen LogP contribution is -2.22. The molecule has 0 heterocycles. The summed E-state index contributed by atoms with van der Waals surface area (Å²) in [6, 6.07) is 19.4. The number of hydrogen-bond donors (Lipinski definition) is 1. The minimum atomic E-state index is -0.346. The van der Waals surface area contributed by atoms with Crippen molar-refractivity contribution in [2.45, 2.75) is 58.0 Å². The van der Waals surface area contributed by atoms with Crippen LogP contribution in [-0.4, -0.2) is 19.5 Å². The van der Waals surface area contributed by atoms with E-state index in [0.717, 1.165) is 17.5 Å². The molecule has 1 aliphatic carbocycles. The molecule has 2 N–H and O–H groups in total. The van der Waals surface area contributed by atoms with Gasteiger partial charge in [-0.1, -0.05) is 85.0 Å². The Morgan fingerprint density at radius 2 is 1.68 bits per heavy atom. The van der Waals surface area contributed by atoms with Gasteiger partial charge in [-0.25, -0.2) is 0 Å². The van der Waals surface area contributed by atoms with Crippen LogP contribution >= 0.6 is 34.8 Å². The van der Waals surface area contributed by atoms with Crippen LogP contribution in [0, 0.1) is 5.92 Å². The van der Waals surface area contributed by atoms with E-state index < -0.39 is 0 Å². The highest BCUT2D eigenvalue weighted by Gasteiger charge is 2.41. The molecule has 4 nitrogen and oxygen atoms in total. The fourth-order valence-corrected chi connectivity index (χ4v) is 5.80. The molecule has 0 aliphatic heterocycles. The number of methoxy groups -OCH3 is 1. The molecule has 0 spiro atoms. The number of carbonyl (C=O) groups is 1. The molecule has 3 unspecified atom stereocenters. The highest BCUT2D eigenvalue weighted by atomic mass is 35.5. The molecule has 3 aromatic rings. The van der Waals surface area contributed by atoms with Gasteiger partial charge in [0.1, 0.15) is 12.4 Å². The second kappa shape index (κ2) is 12.6. The van der Waals surface area contributed by atoms with Crippen molar-refractivity contribution < 1.29 is 14.3 Å². The van der Waals surface area contributed by atoms with Crippen LogP contribution in [0.4, 0.5) is 0 Å². The number of halogens is 3. The molecule has 1 saturated carbocycles. The Balaban J connectivity index is 1.53. The minimum Gasteiger partial charge on any atom is -0.489 e. The fraction of sp³-hybridized carbons (Fsp3) is 0.364. The molecule has 0 bridgehead atoms. The Kier molecular flexibility index (Phi) is 9.57. The Hall–Kier alpha value is -2.50. The molecule has 4 rings (SSSR count). The van der Waals surface area contributed by atoms with Gasteiger partial charge < -0.3 is 15.2 Å². The molecule has 1 aliphatic rings. The number of rotatable bonds is 11. The lowest BCUT2D eigenvalue weighted by molar-refractivity contribution is -0.119. The van der Waals surface area contributed by atoms with Gasteiger partial charge in [-0.15, -0.1) is 0 Å². The smallest absolute Gasteiger partial charge is 0.167 e.